The van der Waals surface area contributed by atoms with Crippen LogP contribution in [0.3, 0.4) is 0 Å². The molecule has 0 atom stereocenters. The van der Waals surface area contributed by atoms with E-state index in [0.717, 1.165) is 11.3 Å². The maximum absolute atomic E-state index is 13.3. The van der Waals surface area contributed by atoms with Crippen molar-refractivity contribution in [3.8, 4) is 11.5 Å². The molecule has 134 valence electrons. The lowest BCUT2D eigenvalue weighted by Gasteiger charge is -2.11. The van der Waals surface area contributed by atoms with Crippen LogP contribution in [0.1, 0.15) is 29.8 Å². The van der Waals surface area contributed by atoms with Crippen LogP contribution >= 0.6 is 0 Å². The number of hydrogen-bond donors (Lipinski definition) is 1. The summed E-state index contributed by atoms with van der Waals surface area (Å²) in [6.07, 6.45) is 0.674. The zero-order valence-corrected chi connectivity index (χ0v) is 14.8. The van der Waals surface area contributed by atoms with E-state index in [9.17, 15) is 9.18 Å². The monoisotopic (exact) mass is 345 g/mol. The Bertz CT molecular complexity index is 699. The zero-order valence-electron chi connectivity index (χ0n) is 14.8. The Kier molecular flexibility index (Phi) is 6.81. The molecule has 0 spiro atoms. The Balaban J connectivity index is 1.86. The molecule has 1 amide bonds. The van der Waals surface area contributed by atoms with E-state index in [4.69, 9.17) is 9.47 Å². The first-order chi connectivity index (χ1) is 12.0. The summed E-state index contributed by atoms with van der Waals surface area (Å²) in [4.78, 5) is 12.2. The van der Waals surface area contributed by atoms with Gasteiger partial charge >= 0.3 is 0 Å². The number of carbonyl (C=O) groups is 1. The van der Waals surface area contributed by atoms with Gasteiger partial charge in [-0.1, -0.05) is 26.0 Å². The van der Waals surface area contributed by atoms with Crippen molar-refractivity contribution in [3.05, 3.63) is 59.4 Å². The summed E-state index contributed by atoms with van der Waals surface area (Å²) in [5.41, 5.74) is 1.28. The van der Waals surface area contributed by atoms with Gasteiger partial charge in [0.2, 0.25) is 0 Å². The highest BCUT2D eigenvalue weighted by atomic mass is 19.1. The summed E-state index contributed by atoms with van der Waals surface area (Å²) < 4.78 is 24.1. The summed E-state index contributed by atoms with van der Waals surface area (Å²) in [7, 11) is 1.45. The smallest absolute Gasteiger partial charge is 0.255 e. The van der Waals surface area contributed by atoms with Crippen molar-refractivity contribution >= 4 is 5.91 Å². The van der Waals surface area contributed by atoms with E-state index in [1.807, 2.05) is 24.3 Å². The van der Waals surface area contributed by atoms with Gasteiger partial charge in [0.15, 0.2) is 0 Å². The SMILES string of the molecule is COc1ccc(F)cc1C(=O)NCCc1ccc(OCC(C)C)cc1. The molecule has 0 aliphatic heterocycles. The lowest BCUT2D eigenvalue weighted by atomic mass is 10.1. The fraction of sp³-hybridized carbons (Fsp3) is 0.350. The molecule has 0 heterocycles. The van der Waals surface area contributed by atoms with Crippen molar-refractivity contribution in [1.82, 2.24) is 5.32 Å². The Morgan fingerprint density at radius 3 is 2.52 bits per heavy atom. The van der Waals surface area contributed by atoms with Crippen molar-refractivity contribution in [3.63, 3.8) is 0 Å². The van der Waals surface area contributed by atoms with Gasteiger partial charge in [-0.25, -0.2) is 4.39 Å². The van der Waals surface area contributed by atoms with Crippen LogP contribution in [0.25, 0.3) is 0 Å². The van der Waals surface area contributed by atoms with Crippen molar-refractivity contribution in [2.45, 2.75) is 20.3 Å². The molecule has 2 rings (SSSR count). The molecule has 0 bridgehead atoms. The van der Waals surface area contributed by atoms with E-state index in [2.05, 4.69) is 19.2 Å². The number of nitrogens with one attached hydrogen (secondary N) is 1. The third-order valence-corrected chi connectivity index (χ3v) is 3.61. The Morgan fingerprint density at radius 1 is 1.16 bits per heavy atom. The second-order valence-corrected chi connectivity index (χ2v) is 6.20. The number of ether oxygens (including phenoxy) is 2. The second kappa shape index (κ2) is 9.06. The van der Waals surface area contributed by atoms with Gasteiger partial charge in [0.05, 0.1) is 19.3 Å². The van der Waals surface area contributed by atoms with Crippen LogP contribution < -0.4 is 14.8 Å². The van der Waals surface area contributed by atoms with Gasteiger partial charge in [0.25, 0.3) is 5.91 Å². The van der Waals surface area contributed by atoms with Crippen LogP contribution in [0.5, 0.6) is 11.5 Å². The molecule has 4 nitrogen and oxygen atoms in total. The van der Waals surface area contributed by atoms with Gasteiger partial charge in [-0.05, 0) is 48.2 Å². The molecule has 2 aromatic carbocycles. The van der Waals surface area contributed by atoms with Crippen molar-refractivity contribution in [2.75, 3.05) is 20.3 Å². The first-order valence-corrected chi connectivity index (χ1v) is 8.33. The van der Waals surface area contributed by atoms with Crippen LogP contribution in [0.15, 0.2) is 42.5 Å². The van der Waals surface area contributed by atoms with Crippen molar-refractivity contribution < 1.29 is 18.7 Å². The van der Waals surface area contributed by atoms with Gasteiger partial charge in [0.1, 0.15) is 17.3 Å². The fourth-order valence-corrected chi connectivity index (χ4v) is 2.29. The minimum absolute atomic E-state index is 0.194. The summed E-state index contributed by atoms with van der Waals surface area (Å²) in [5, 5.41) is 2.79. The number of methoxy groups -OCH3 is 1. The van der Waals surface area contributed by atoms with E-state index >= 15 is 0 Å². The second-order valence-electron chi connectivity index (χ2n) is 6.20. The fourth-order valence-electron chi connectivity index (χ4n) is 2.29. The van der Waals surface area contributed by atoms with E-state index in [0.29, 0.717) is 31.2 Å². The average molecular weight is 345 g/mol. The predicted octanol–water partition coefficient (Wildman–Crippen LogP) is 3.84. The first kappa shape index (κ1) is 18.8. The summed E-state index contributed by atoms with van der Waals surface area (Å²) in [5.74, 6) is 0.849. The molecule has 0 fully saturated rings. The molecule has 0 aliphatic carbocycles. The van der Waals surface area contributed by atoms with Gasteiger partial charge in [-0.2, -0.15) is 0 Å². The number of rotatable bonds is 8. The largest absolute Gasteiger partial charge is 0.496 e. The molecule has 0 aromatic heterocycles. The number of benzene rings is 2. The van der Waals surface area contributed by atoms with E-state index < -0.39 is 5.82 Å². The maximum atomic E-state index is 13.3. The van der Waals surface area contributed by atoms with Gasteiger partial charge in [-0.3, -0.25) is 4.79 Å². The molecule has 2 aromatic rings. The van der Waals surface area contributed by atoms with Crippen LogP contribution in [-0.2, 0) is 6.42 Å². The van der Waals surface area contributed by atoms with Gasteiger partial charge < -0.3 is 14.8 Å². The lowest BCUT2D eigenvalue weighted by Crippen LogP contribution is -2.26. The van der Waals surface area contributed by atoms with Crippen LogP contribution in [-0.4, -0.2) is 26.2 Å². The third-order valence-electron chi connectivity index (χ3n) is 3.61. The molecule has 0 saturated heterocycles. The number of hydrogen-bond acceptors (Lipinski definition) is 3. The number of amides is 1. The lowest BCUT2D eigenvalue weighted by molar-refractivity contribution is 0.0950. The first-order valence-electron chi connectivity index (χ1n) is 8.33. The normalized spacial score (nSPS) is 10.6. The molecule has 5 heteroatoms. The van der Waals surface area contributed by atoms with Crippen LogP contribution in [0, 0.1) is 11.7 Å². The minimum atomic E-state index is -0.470. The topological polar surface area (TPSA) is 47.6 Å². The van der Waals surface area contributed by atoms with Gasteiger partial charge in [-0.15, -0.1) is 0 Å². The zero-order chi connectivity index (χ0) is 18.2. The van der Waals surface area contributed by atoms with Gasteiger partial charge in [0, 0.05) is 6.54 Å². The summed E-state index contributed by atoms with van der Waals surface area (Å²) in [6.45, 7) is 5.34. The Labute approximate surface area is 148 Å². The molecule has 0 saturated carbocycles. The molecule has 25 heavy (non-hydrogen) atoms. The maximum Gasteiger partial charge on any atom is 0.255 e. The Hall–Kier alpha value is -2.56. The molecule has 1 N–H and O–H groups in total. The van der Waals surface area contributed by atoms with E-state index in [-0.39, 0.29) is 11.5 Å². The number of carbonyl (C=O) groups excluding carboxylic acids is 1. The standard InChI is InChI=1S/C20H24FNO3/c1-14(2)13-25-17-7-4-15(5-8-17)10-11-22-20(23)18-12-16(21)6-9-19(18)24-3/h4-9,12,14H,10-11,13H2,1-3H3,(H,22,23). The third kappa shape index (κ3) is 5.78. The highest BCUT2D eigenvalue weighted by Gasteiger charge is 2.12. The Morgan fingerprint density at radius 2 is 1.88 bits per heavy atom. The number of halogens is 1. The van der Waals surface area contributed by atoms with Crippen LogP contribution in [0.4, 0.5) is 4.39 Å². The molecule has 0 radical (unpaired) electrons. The van der Waals surface area contributed by atoms with Crippen molar-refractivity contribution in [1.29, 1.82) is 0 Å². The quantitative estimate of drug-likeness (QED) is 0.791. The van der Waals surface area contributed by atoms with E-state index in [1.54, 1.807) is 0 Å². The molecule has 0 unspecified atom stereocenters. The average Bonchev–Trinajstić information content (AvgIpc) is 2.60. The predicted molar refractivity (Wildman–Crippen MR) is 95.8 cm³/mol. The highest BCUT2D eigenvalue weighted by molar-refractivity contribution is 5.96. The van der Waals surface area contributed by atoms with Crippen molar-refractivity contribution in [2.24, 2.45) is 5.92 Å². The highest BCUT2D eigenvalue weighted by Crippen LogP contribution is 2.19. The summed E-state index contributed by atoms with van der Waals surface area (Å²) >= 11 is 0. The minimum Gasteiger partial charge on any atom is -0.496 e. The molecule has 0 aliphatic rings. The van der Waals surface area contributed by atoms with Crippen LogP contribution in [0.2, 0.25) is 0 Å². The summed E-state index contributed by atoms with van der Waals surface area (Å²) in [6, 6.07) is 11.7. The molecular formula is C20H24FNO3. The van der Waals surface area contributed by atoms with E-state index in [1.165, 1.54) is 25.3 Å². The molecular weight excluding hydrogens is 321 g/mol.